The van der Waals surface area contributed by atoms with Crippen LogP contribution < -0.4 is 15.1 Å². The number of ether oxygens (including phenoxy) is 2. The summed E-state index contributed by atoms with van der Waals surface area (Å²) in [5, 5.41) is 40.9. The normalized spacial score (nSPS) is 27.1. The minimum absolute atomic E-state index is 0.154. The van der Waals surface area contributed by atoms with E-state index in [1.165, 1.54) is 29.3 Å². The van der Waals surface area contributed by atoms with E-state index in [-0.39, 0.29) is 35.2 Å². The highest BCUT2D eigenvalue weighted by Crippen LogP contribution is 2.63. The predicted molar refractivity (Wildman–Crippen MR) is 207 cm³/mol. The molecule has 0 amide bonds. The van der Waals surface area contributed by atoms with Crippen molar-refractivity contribution >= 4 is 37.8 Å². The molecule has 5 N–H and O–H groups in total. The van der Waals surface area contributed by atoms with Gasteiger partial charge in [-0.25, -0.2) is 13.6 Å². The van der Waals surface area contributed by atoms with E-state index in [2.05, 4.69) is 10.2 Å². The SMILES string of the molecule is C[C@H](NP(=O)(Oc1cccc2ccccc12)OC1[C@H]2O[C@@](C)(c3ccc4c(=N)n(COP(=O)(O)OCc5ccccc5)cnn34)[C@H](O)[C@@]12O)C(=O)OC1CCCCC1. The number of hydrogen-bond donors (Lipinski definition) is 5. The Morgan fingerprint density at radius 1 is 1.02 bits per heavy atom. The quantitative estimate of drug-likeness (QED) is 0.0675. The maximum Gasteiger partial charge on any atom is 0.474 e. The van der Waals surface area contributed by atoms with Crippen molar-refractivity contribution in [3.63, 3.8) is 0 Å². The minimum atomic E-state index is -4.52. The number of rotatable bonds is 15. The summed E-state index contributed by atoms with van der Waals surface area (Å²) in [6.07, 6.45) is 1.20. The molecule has 3 aliphatic rings. The molecule has 1 saturated heterocycles. The van der Waals surface area contributed by atoms with Crippen molar-refractivity contribution in [3.8, 4) is 5.75 Å². The highest BCUT2D eigenvalue weighted by atomic mass is 31.2. The van der Waals surface area contributed by atoms with Crippen LogP contribution in [0.2, 0.25) is 0 Å². The van der Waals surface area contributed by atoms with Crippen LogP contribution in [0.4, 0.5) is 0 Å². The van der Waals surface area contributed by atoms with Crippen LogP contribution in [-0.2, 0) is 55.9 Å². The molecule has 308 valence electrons. The van der Waals surface area contributed by atoms with Crippen molar-refractivity contribution in [3.05, 3.63) is 108 Å². The van der Waals surface area contributed by atoms with E-state index in [4.69, 9.17) is 33.0 Å². The van der Waals surface area contributed by atoms with Crippen molar-refractivity contribution in [2.45, 2.75) is 101 Å². The summed E-state index contributed by atoms with van der Waals surface area (Å²) in [6.45, 7) is 2.33. The van der Waals surface area contributed by atoms with Crippen LogP contribution in [0.3, 0.4) is 0 Å². The number of aliphatic hydroxyl groups is 2. The first kappa shape index (κ1) is 40.5. The number of phosphoric acid groups is 1. The molecule has 3 heterocycles. The molecule has 2 aromatic heterocycles. The third kappa shape index (κ3) is 7.80. The largest absolute Gasteiger partial charge is 0.474 e. The Bertz CT molecular complexity index is 2470. The summed E-state index contributed by atoms with van der Waals surface area (Å²) in [7, 11) is -9.03. The first-order chi connectivity index (χ1) is 27.7. The van der Waals surface area contributed by atoms with E-state index < -0.39 is 63.8 Å². The predicted octanol–water partition coefficient (Wildman–Crippen LogP) is 5.21. The van der Waals surface area contributed by atoms with Gasteiger partial charge in [-0.2, -0.15) is 10.2 Å². The zero-order valence-corrected chi connectivity index (χ0v) is 33.5. The number of fused-ring (bicyclic) bond motifs is 3. The molecule has 3 aromatic carbocycles. The first-order valence-corrected chi connectivity index (χ1v) is 22.0. The highest BCUT2D eigenvalue weighted by molar-refractivity contribution is 7.52. The summed E-state index contributed by atoms with van der Waals surface area (Å²) < 4.78 is 64.1. The van der Waals surface area contributed by atoms with Crippen LogP contribution >= 0.6 is 15.6 Å². The average molecular weight is 838 g/mol. The third-order valence-electron chi connectivity index (χ3n) is 11.0. The Balaban J connectivity index is 0.988. The second kappa shape index (κ2) is 15.7. The molecule has 5 aromatic rings. The number of esters is 1. The Hall–Kier alpha value is -4.25. The van der Waals surface area contributed by atoms with Gasteiger partial charge in [0.1, 0.15) is 60.4 Å². The second-order valence-corrected chi connectivity index (χ2v) is 18.1. The highest BCUT2D eigenvalue weighted by Gasteiger charge is 2.82. The molecule has 0 bridgehead atoms. The van der Waals surface area contributed by atoms with Crippen molar-refractivity contribution in [1.82, 2.24) is 19.3 Å². The molecule has 0 spiro atoms. The zero-order chi connectivity index (χ0) is 40.9. The van der Waals surface area contributed by atoms with Gasteiger partial charge in [-0.15, -0.1) is 0 Å². The molecular formula is C39H45N5O12P2. The van der Waals surface area contributed by atoms with E-state index in [1.807, 2.05) is 18.2 Å². The second-order valence-electron chi connectivity index (χ2n) is 15.0. The van der Waals surface area contributed by atoms with Crippen LogP contribution in [0.25, 0.3) is 16.3 Å². The Kier molecular flexibility index (Phi) is 11.0. The molecule has 8 atom stereocenters. The fourth-order valence-corrected chi connectivity index (χ4v) is 10.1. The van der Waals surface area contributed by atoms with Crippen molar-refractivity contribution in [2.75, 3.05) is 0 Å². The number of hydrogen-bond acceptors (Lipinski definition) is 13. The fraction of sp³-hybridized carbons (Fsp3) is 0.410. The molecule has 17 nitrogen and oxygen atoms in total. The number of aromatic nitrogens is 3. The fourth-order valence-electron chi connectivity index (χ4n) is 7.71. The van der Waals surface area contributed by atoms with E-state index in [0.717, 1.165) is 37.5 Å². The topological polar surface area (TPSA) is 225 Å². The number of nitrogens with one attached hydrogen (secondary N) is 2. The van der Waals surface area contributed by atoms with E-state index in [9.17, 15) is 29.0 Å². The van der Waals surface area contributed by atoms with E-state index >= 15 is 0 Å². The maximum absolute atomic E-state index is 14.7. The van der Waals surface area contributed by atoms with Crippen LogP contribution in [0.5, 0.6) is 5.75 Å². The third-order valence-corrected chi connectivity index (χ3v) is 13.5. The summed E-state index contributed by atoms with van der Waals surface area (Å²) in [5.74, 6) is -0.432. The van der Waals surface area contributed by atoms with Gasteiger partial charge in [-0.1, -0.05) is 73.2 Å². The standard InChI is InChI=1S/C39H45N5O12P2/c1-25(36(45)53-28-16-7-4-8-17-28)42-57(48,55-31-19-11-15-27-14-9-10-18-29(27)31)56-34-33-39(34,47)37(46)38(2,54-33)32-21-20-30-35(40)43(23-41-44(30)32)24-52-58(49,50)51-22-26-12-5-3-6-13-26/h3,5-6,9-15,18-21,23,25,28,33-34,37,40,46-47H,4,7-8,16-17,22,24H2,1-2H3,(H,42,48)(H,49,50)/t25-,33+,34?,37-,38-,39-,57?/m0/s1. The van der Waals surface area contributed by atoms with Gasteiger partial charge >= 0.3 is 21.5 Å². The molecule has 19 heteroatoms. The molecule has 1 aliphatic heterocycles. The van der Waals surface area contributed by atoms with Gasteiger partial charge in [0.05, 0.1) is 12.3 Å². The Labute approximate surface area is 333 Å². The summed E-state index contributed by atoms with van der Waals surface area (Å²) in [6, 6.07) is 23.3. The number of carbonyl (C=O) groups excluding carboxylic acids is 1. The average Bonchev–Trinajstić information content (AvgIpc) is 3.45. The monoisotopic (exact) mass is 837 g/mol. The van der Waals surface area contributed by atoms with Gasteiger partial charge in [0.25, 0.3) is 0 Å². The molecule has 3 unspecified atom stereocenters. The maximum atomic E-state index is 14.7. The molecule has 2 saturated carbocycles. The molecule has 8 rings (SSSR count). The number of phosphoric ester groups is 1. The van der Waals surface area contributed by atoms with Gasteiger partial charge < -0.3 is 29.1 Å². The Morgan fingerprint density at radius 3 is 2.48 bits per heavy atom. The van der Waals surface area contributed by atoms with Crippen molar-refractivity contribution < 1.29 is 56.6 Å². The summed E-state index contributed by atoms with van der Waals surface area (Å²) in [5.41, 5.74) is -2.67. The molecule has 3 fully saturated rings. The van der Waals surface area contributed by atoms with Gasteiger partial charge in [0, 0.05) is 5.39 Å². The molecule has 2 aliphatic carbocycles. The van der Waals surface area contributed by atoms with Crippen molar-refractivity contribution in [1.29, 1.82) is 5.41 Å². The molecule has 0 radical (unpaired) electrons. The lowest BCUT2D eigenvalue weighted by molar-refractivity contribution is -0.152. The molecular weight excluding hydrogens is 792 g/mol. The summed E-state index contributed by atoms with van der Waals surface area (Å²) >= 11 is 0. The van der Waals surface area contributed by atoms with Crippen LogP contribution in [0.1, 0.15) is 57.2 Å². The van der Waals surface area contributed by atoms with Crippen LogP contribution in [0.15, 0.2) is 91.3 Å². The van der Waals surface area contributed by atoms with E-state index in [0.29, 0.717) is 10.9 Å². The van der Waals surface area contributed by atoms with Crippen LogP contribution in [-0.4, -0.2) is 71.3 Å². The lowest BCUT2D eigenvalue weighted by atomic mass is 9.91. The lowest BCUT2D eigenvalue weighted by Gasteiger charge is -2.33. The molecule has 58 heavy (non-hydrogen) atoms. The van der Waals surface area contributed by atoms with E-state index in [1.54, 1.807) is 66.7 Å². The van der Waals surface area contributed by atoms with Gasteiger partial charge in [0.15, 0.2) is 11.1 Å². The lowest BCUT2D eigenvalue weighted by Crippen LogP contribution is -2.47. The number of aliphatic hydroxyl groups excluding tert-OH is 1. The number of carbonyl (C=O) groups is 1. The minimum Gasteiger partial charge on any atom is -0.461 e. The smallest absolute Gasteiger partial charge is 0.461 e. The van der Waals surface area contributed by atoms with Gasteiger partial charge in [-0.3, -0.25) is 28.3 Å². The Morgan fingerprint density at radius 2 is 1.74 bits per heavy atom. The number of benzene rings is 3. The summed E-state index contributed by atoms with van der Waals surface area (Å²) in [4.78, 5) is 23.4. The van der Waals surface area contributed by atoms with Crippen molar-refractivity contribution in [2.24, 2.45) is 0 Å². The van der Waals surface area contributed by atoms with Gasteiger partial charge in [-0.05, 0) is 68.7 Å². The number of nitrogens with zero attached hydrogens (tertiary/aromatic N) is 3. The van der Waals surface area contributed by atoms with Crippen LogP contribution in [0, 0.1) is 5.41 Å². The zero-order valence-electron chi connectivity index (χ0n) is 31.7. The van der Waals surface area contributed by atoms with Gasteiger partial charge in [0.2, 0.25) is 0 Å². The first-order valence-electron chi connectivity index (χ1n) is 19.0.